The average molecular weight is 371 g/mol. The van der Waals surface area contributed by atoms with Crippen LogP contribution in [0.4, 0.5) is 0 Å². The molecule has 0 aliphatic carbocycles. The predicted molar refractivity (Wildman–Crippen MR) is 75.6 cm³/mol. The van der Waals surface area contributed by atoms with Crippen LogP contribution in [0.25, 0.3) is 0 Å². The molecule has 0 aliphatic rings. The maximum atomic E-state index is 12.0. The second-order valence-electron chi connectivity index (χ2n) is 3.65. The van der Waals surface area contributed by atoms with Crippen molar-refractivity contribution in [3.63, 3.8) is 0 Å². The molecule has 1 N–H and O–H groups in total. The number of hydrogen-bond donors (Lipinski definition) is 1. The summed E-state index contributed by atoms with van der Waals surface area (Å²) in [7, 11) is -2.38. The van der Waals surface area contributed by atoms with E-state index < -0.39 is 10.0 Å². The molecule has 19 heavy (non-hydrogen) atoms. The number of esters is 1. The lowest BCUT2D eigenvalue weighted by molar-refractivity contribution is -0.140. The Labute approximate surface area is 125 Å². The van der Waals surface area contributed by atoms with E-state index in [0.717, 1.165) is 0 Å². The van der Waals surface area contributed by atoms with Crippen LogP contribution < -0.4 is 4.72 Å². The molecule has 0 bridgehead atoms. The molecule has 0 heterocycles. The van der Waals surface area contributed by atoms with Gasteiger partial charge in [0.15, 0.2) is 0 Å². The largest absolute Gasteiger partial charge is 0.469 e. The zero-order valence-electron chi connectivity index (χ0n) is 10.2. The zero-order valence-corrected chi connectivity index (χ0v) is 13.3. The molecule has 0 spiro atoms. The van der Waals surface area contributed by atoms with Gasteiger partial charge >= 0.3 is 5.97 Å². The SMILES string of the molecule is COC(=O)CCCNS(=O)(=O)c1ccc(Br)cc1Cl. The molecule has 5 nitrogen and oxygen atoms in total. The Kier molecular flexibility index (Phi) is 6.25. The zero-order chi connectivity index (χ0) is 14.5. The van der Waals surface area contributed by atoms with Crippen LogP contribution in [0.3, 0.4) is 0 Å². The molecule has 0 saturated heterocycles. The van der Waals surface area contributed by atoms with Gasteiger partial charge in [-0.3, -0.25) is 4.79 Å². The smallest absolute Gasteiger partial charge is 0.305 e. The van der Waals surface area contributed by atoms with Gasteiger partial charge in [0, 0.05) is 17.4 Å². The standard InChI is InChI=1S/C11H13BrClNO4S/c1-18-11(15)3-2-6-14-19(16,17)10-5-4-8(12)7-9(10)13/h4-5,7,14H,2-3,6H2,1H3. The number of sulfonamides is 1. The number of rotatable bonds is 6. The molecule has 0 unspecified atom stereocenters. The number of methoxy groups -OCH3 is 1. The van der Waals surface area contributed by atoms with Gasteiger partial charge in [0.1, 0.15) is 4.90 Å². The van der Waals surface area contributed by atoms with Crippen LogP contribution in [0.5, 0.6) is 0 Å². The molecular formula is C11H13BrClNO4S. The van der Waals surface area contributed by atoms with Crippen LogP contribution in [-0.2, 0) is 19.6 Å². The fourth-order valence-corrected chi connectivity index (χ4v) is 3.42. The minimum atomic E-state index is -3.67. The first-order valence-corrected chi connectivity index (χ1v) is 8.04. The van der Waals surface area contributed by atoms with Gasteiger partial charge in [-0.25, -0.2) is 13.1 Å². The van der Waals surface area contributed by atoms with Crippen molar-refractivity contribution in [2.75, 3.05) is 13.7 Å². The van der Waals surface area contributed by atoms with Gasteiger partial charge in [-0.1, -0.05) is 27.5 Å². The number of hydrogen-bond acceptors (Lipinski definition) is 4. The van der Waals surface area contributed by atoms with Gasteiger partial charge in [-0.15, -0.1) is 0 Å². The minimum absolute atomic E-state index is 0.00966. The summed E-state index contributed by atoms with van der Waals surface area (Å²) < 4.78 is 31.4. The third-order valence-electron chi connectivity index (χ3n) is 2.26. The summed E-state index contributed by atoms with van der Waals surface area (Å²) >= 11 is 9.08. The highest BCUT2D eigenvalue weighted by Crippen LogP contribution is 2.24. The summed E-state index contributed by atoms with van der Waals surface area (Å²) in [6.07, 6.45) is 0.521. The number of carbonyl (C=O) groups excluding carboxylic acids is 1. The molecule has 0 fully saturated rings. The highest BCUT2D eigenvalue weighted by Gasteiger charge is 2.17. The molecule has 1 aromatic rings. The lowest BCUT2D eigenvalue weighted by Gasteiger charge is -2.08. The number of benzene rings is 1. The predicted octanol–water partition coefficient (Wildman–Crippen LogP) is 2.33. The molecule has 0 aromatic heterocycles. The lowest BCUT2D eigenvalue weighted by Crippen LogP contribution is -2.25. The third kappa shape index (κ3) is 5.10. The summed E-state index contributed by atoms with van der Waals surface area (Å²) in [5.41, 5.74) is 0. The van der Waals surface area contributed by atoms with Gasteiger partial charge in [0.25, 0.3) is 0 Å². The molecular weight excluding hydrogens is 358 g/mol. The third-order valence-corrected chi connectivity index (χ3v) is 4.70. The Bertz CT molecular complexity index is 562. The molecule has 0 radical (unpaired) electrons. The van der Waals surface area contributed by atoms with Gasteiger partial charge in [0.2, 0.25) is 10.0 Å². The van der Waals surface area contributed by atoms with Crippen molar-refractivity contribution in [1.29, 1.82) is 0 Å². The number of carbonyl (C=O) groups is 1. The van der Waals surface area contributed by atoms with Gasteiger partial charge in [-0.2, -0.15) is 0 Å². The molecule has 106 valence electrons. The summed E-state index contributed by atoms with van der Waals surface area (Å²) in [5.74, 6) is -0.374. The Morgan fingerprint density at radius 2 is 2.16 bits per heavy atom. The first kappa shape index (κ1) is 16.4. The molecule has 8 heteroatoms. The second kappa shape index (κ2) is 7.23. The van der Waals surface area contributed by atoms with E-state index in [1.807, 2.05) is 0 Å². The Hall–Kier alpha value is -0.630. The Morgan fingerprint density at radius 3 is 2.74 bits per heavy atom. The minimum Gasteiger partial charge on any atom is -0.469 e. The summed E-state index contributed by atoms with van der Waals surface area (Å²) in [5, 5.41) is 0.134. The number of halogens is 2. The fraction of sp³-hybridized carbons (Fsp3) is 0.364. The van der Waals surface area contributed by atoms with E-state index in [4.69, 9.17) is 11.6 Å². The normalized spacial score (nSPS) is 11.3. The van der Waals surface area contributed by atoms with Crippen molar-refractivity contribution < 1.29 is 17.9 Å². The van der Waals surface area contributed by atoms with Crippen molar-refractivity contribution in [3.8, 4) is 0 Å². The van der Waals surface area contributed by atoms with E-state index >= 15 is 0 Å². The summed E-state index contributed by atoms with van der Waals surface area (Å²) in [6, 6.07) is 4.51. The highest BCUT2D eigenvalue weighted by molar-refractivity contribution is 9.10. The van der Waals surface area contributed by atoms with E-state index in [9.17, 15) is 13.2 Å². The molecule has 1 rings (SSSR count). The maximum Gasteiger partial charge on any atom is 0.305 e. The molecule has 1 aromatic carbocycles. The van der Waals surface area contributed by atoms with E-state index in [2.05, 4.69) is 25.4 Å². The van der Waals surface area contributed by atoms with Gasteiger partial charge < -0.3 is 4.74 Å². The Morgan fingerprint density at radius 1 is 1.47 bits per heavy atom. The highest BCUT2D eigenvalue weighted by atomic mass is 79.9. The number of nitrogens with one attached hydrogen (secondary N) is 1. The van der Waals surface area contributed by atoms with Crippen LogP contribution in [0.1, 0.15) is 12.8 Å². The summed E-state index contributed by atoms with van der Waals surface area (Å²) in [4.78, 5) is 10.9. The van der Waals surface area contributed by atoms with Crippen LogP contribution >= 0.6 is 27.5 Å². The van der Waals surface area contributed by atoms with Gasteiger partial charge in [-0.05, 0) is 24.6 Å². The lowest BCUT2D eigenvalue weighted by atomic mass is 10.3. The van der Waals surface area contributed by atoms with Crippen molar-refractivity contribution >= 4 is 43.5 Å². The monoisotopic (exact) mass is 369 g/mol. The van der Waals surface area contributed by atoms with E-state index in [1.54, 1.807) is 6.07 Å². The van der Waals surface area contributed by atoms with Crippen LogP contribution in [0.2, 0.25) is 5.02 Å². The van der Waals surface area contributed by atoms with Gasteiger partial charge in [0.05, 0.1) is 12.1 Å². The summed E-state index contributed by atoms with van der Waals surface area (Å²) in [6.45, 7) is 0.143. The van der Waals surface area contributed by atoms with Crippen molar-refractivity contribution in [2.24, 2.45) is 0 Å². The van der Waals surface area contributed by atoms with Crippen molar-refractivity contribution in [1.82, 2.24) is 4.72 Å². The molecule has 0 saturated carbocycles. The number of ether oxygens (including phenoxy) is 1. The molecule has 0 amide bonds. The quantitative estimate of drug-likeness (QED) is 0.616. The topological polar surface area (TPSA) is 72.5 Å². The van der Waals surface area contributed by atoms with E-state index in [0.29, 0.717) is 10.9 Å². The van der Waals surface area contributed by atoms with Crippen molar-refractivity contribution in [3.05, 3.63) is 27.7 Å². The Balaban J connectivity index is 2.63. The van der Waals surface area contributed by atoms with Crippen LogP contribution in [0, 0.1) is 0 Å². The van der Waals surface area contributed by atoms with E-state index in [-0.39, 0.29) is 28.9 Å². The van der Waals surface area contributed by atoms with Crippen LogP contribution in [-0.4, -0.2) is 28.0 Å². The maximum absolute atomic E-state index is 12.0. The van der Waals surface area contributed by atoms with Crippen LogP contribution in [0.15, 0.2) is 27.6 Å². The second-order valence-corrected chi connectivity index (χ2v) is 6.71. The average Bonchev–Trinajstić information content (AvgIpc) is 2.33. The van der Waals surface area contributed by atoms with Crippen molar-refractivity contribution in [2.45, 2.75) is 17.7 Å². The first-order valence-electron chi connectivity index (χ1n) is 5.38. The first-order chi connectivity index (χ1) is 8.86. The van der Waals surface area contributed by atoms with E-state index in [1.165, 1.54) is 19.2 Å². The fourth-order valence-electron chi connectivity index (χ4n) is 1.31. The molecule has 0 atom stereocenters. The molecule has 0 aliphatic heterocycles.